The Morgan fingerprint density at radius 3 is 2.73 bits per heavy atom. The molecule has 2 N–H and O–H groups in total. The molecule has 0 atom stereocenters. The van der Waals surface area contributed by atoms with Gasteiger partial charge in [-0.3, -0.25) is 0 Å². The van der Waals surface area contributed by atoms with Crippen LogP contribution < -0.4 is 10.6 Å². The molecule has 22 heavy (non-hydrogen) atoms. The molecule has 6 heteroatoms. The highest BCUT2D eigenvalue weighted by molar-refractivity contribution is 9.10. The summed E-state index contributed by atoms with van der Waals surface area (Å²) in [6.07, 6.45) is 0.918. The number of nitrogens with zero attached hydrogens (tertiary/aromatic N) is 2. The summed E-state index contributed by atoms with van der Waals surface area (Å²) in [5, 5.41) is 6.52. The zero-order chi connectivity index (χ0) is 15.9. The molecular weight excluding hydrogens is 344 g/mol. The van der Waals surface area contributed by atoms with E-state index in [1.165, 1.54) is 5.56 Å². The number of hydrogen-bond donors (Lipinski definition) is 2. The highest BCUT2D eigenvalue weighted by Gasteiger charge is 2.04. The van der Waals surface area contributed by atoms with Crippen LogP contribution in [0.5, 0.6) is 0 Å². The molecule has 5 nitrogen and oxygen atoms in total. The minimum atomic E-state index is 0.629. The van der Waals surface area contributed by atoms with Gasteiger partial charge in [-0.15, -0.1) is 0 Å². The molecule has 0 bridgehead atoms. The van der Waals surface area contributed by atoms with Crippen LogP contribution in [0.3, 0.4) is 0 Å². The summed E-state index contributed by atoms with van der Waals surface area (Å²) < 4.78 is 6.10. The van der Waals surface area contributed by atoms with E-state index < -0.39 is 0 Å². The average Bonchev–Trinajstić information content (AvgIpc) is 2.47. The largest absolute Gasteiger partial charge is 0.385 e. The van der Waals surface area contributed by atoms with Crippen LogP contribution in [0.1, 0.15) is 17.7 Å². The summed E-state index contributed by atoms with van der Waals surface area (Å²) in [7, 11) is 1.70. The van der Waals surface area contributed by atoms with E-state index in [4.69, 9.17) is 4.74 Å². The molecule has 118 valence electrons. The van der Waals surface area contributed by atoms with Crippen LogP contribution in [0.4, 0.5) is 17.5 Å². The summed E-state index contributed by atoms with van der Waals surface area (Å²) in [5.41, 5.74) is 3.10. The third-order valence-corrected chi connectivity index (χ3v) is 3.96. The molecular formula is C16H21BrN4O. The number of nitrogens with one attached hydrogen (secondary N) is 2. The van der Waals surface area contributed by atoms with Crippen LogP contribution >= 0.6 is 15.9 Å². The molecule has 2 aromatic rings. The maximum absolute atomic E-state index is 5.03. The number of methoxy groups -OCH3 is 1. The van der Waals surface area contributed by atoms with Crippen molar-refractivity contribution in [2.24, 2.45) is 0 Å². The van der Waals surface area contributed by atoms with Crippen molar-refractivity contribution in [3.05, 3.63) is 40.0 Å². The number of halogens is 1. The first kappa shape index (κ1) is 16.7. The fourth-order valence-corrected chi connectivity index (χ4v) is 2.33. The van der Waals surface area contributed by atoms with Gasteiger partial charge >= 0.3 is 0 Å². The molecule has 0 amide bonds. The van der Waals surface area contributed by atoms with Crippen LogP contribution in [-0.4, -0.2) is 30.2 Å². The van der Waals surface area contributed by atoms with Gasteiger partial charge < -0.3 is 15.4 Å². The summed E-state index contributed by atoms with van der Waals surface area (Å²) >= 11 is 3.54. The topological polar surface area (TPSA) is 59.1 Å². The van der Waals surface area contributed by atoms with Crippen molar-refractivity contribution in [2.45, 2.75) is 20.3 Å². The van der Waals surface area contributed by atoms with Gasteiger partial charge in [-0.25, -0.2) is 4.98 Å². The summed E-state index contributed by atoms with van der Waals surface area (Å²) in [6.45, 7) is 5.52. The van der Waals surface area contributed by atoms with Crippen molar-refractivity contribution in [2.75, 3.05) is 30.9 Å². The molecule has 0 saturated carbocycles. The van der Waals surface area contributed by atoms with Crippen molar-refractivity contribution < 1.29 is 4.74 Å². The van der Waals surface area contributed by atoms with Gasteiger partial charge in [0.15, 0.2) is 0 Å². The quantitative estimate of drug-likeness (QED) is 0.725. The predicted octanol–water partition coefficient (Wildman–Crippen LogP) is 4.05. The van der Waals surface area contributed by atoms with Crippen LogP contribution in [0.2, 0.25) is 0 Å². The molecule has 0 aliphatic heterocycles. The van der Waals surface area contributed by atoms with E-state index >= 15 is 0 Å². The standard InChI is InChI=1S/C16H21BrN4O/c1-11-5-6-13(10-14(11)17)20-15-9-12(2)19-16(21-15)18-7-4-8-22-3/h5-6,9-10H,4,7-8H2,1-3H3,(H2,18,19,20,21). The van der Waals surface area contributed by atoms with E-state index in [-0.39, 0.29) is 0 Å². The molecule has 0 fully saturated rings. The molecule has 0 unspecified atom stereocenters. The van der Waals surface area contributed by atoms with Crippen LogP contribution in [-0.2, 0) is 4.74 Å². The number of hydrogen-bond acceptors (Lipinski definition) is 5. The zero-order valence-electron chi connectivity index (χ0n) is 13.1. The predicted molar refractivity (Wildman–Crippen MR) is 93.9 cm³/mol. The molecule has 0 aliphatic rings. The fourth-order valence-electron chi connectivity index (χ4n) is 1.95. The lowest BCUT2D eigenvalue weighted by Gasteiger charge is -2.10. The van der Waals surface area contributed by atoms with E-state index in [0.717, 1.165) is 41.2 Å². The maximum atomic E-state index is 5.03. The maximum Gasteiger partial charge on any atom is 0.224 e. The Kier molecular flexibility index (Phi) is 6.15. The average molecular weight is 365 g/mol. The van der Waals surface area contributed by atoms with Gasteiger partial charge in [-0.2, -0.15) is 4.98 Å². The third-order valence-electron chi connectivity index (χ3n) is 3.11. The first-order valence-corrected chi connectivity index (χ1v) is 7.99. The van der Waals surface area contributed by atoms with Gasteiger partial charge in [0.1, 0.15) is 5.82 Å². The Labute approximate surface area is 139 Å². The summed E-state index contributed by atoms with van der Waals surface area (Å²) in [6, 6.07) is 8.06. The van der Waals surface area contributed by atoms with Crippen molar-refractivity contribution in [1.82, 2.24) is 9.97 Å². The Balaban J connectivity index is 2.06. The van der Waals surface area contributed by atoms with Gasteiger partial charge in [0.2, 0.25) is 5.95 Å². The van der Waals surface area contributed by atoms with Gasteiger partial charge in [-0.05, 0) is 38.0 Å². The number of benzene rings is 1. The summed E-state index contributed by atoms with van der Waals surface area (Å²) in [5.74, 6) is 1.40. The van der Waals surface area contributed by atoms with Crippen molar-refractivity contribution in [1.29, 1.82) is 0 Å². The van der Waals surface area contributed by atoms with Crippen molar-refractivity contribution in [3.8, 4) is 0 Å². The van der Waals surface area contributed by atoms with E-state index in [1.807, 2.05) is 25.1 Å². The SMILES string of the molecule is COCCCNc1nc(C)cc(Nc2ccc(C)c(Br)c2)n1. The Morgan fingerprint density at radius 2 is 2.00 bits per heavy atom. The van der Waals surface area contributed by atoms with E-state index in [9.17, 15) is 0 Å². The fraction of sp³-hybridized carbons (Fsp3) is 0.375. The van der Waals surface area contributed by atoms with Gasteiger partial charge in [0.25, 0.3) is 0 Å². The minimum Gasteiger partial charge on any atom is -0.385 e. The van der Waals surface area contributed by atoms with E-state index in [1.54, 1.807) is 7.11 Å². The van der Waals surface area contributed by atoms with Gasteiger partial charge in [0.05, 0.1) is 0 Å². The van der Waals surface area contributed by atoms with Crippen LogP contribution in [0, 0.1) is 13.8 Å². The third kappa shape index (κ3) is 4.96. The molecule has 1 aromatic heterocycles. The first-order chi connectivity index (χ1) is 10.6. The normalized spacial score (nSPS) is 10.5. The number of aryl methyl sites for hydroxylation is 2. The molecule has 0 saturated heterocycles. The van der Waals surface area contributed by atoms with Crippen molar-refractivity contribution in [3.63, 3.8) is 0 Å². The molecule has 0 aliphatic carbocycles. The second-order valence-corrected chi connectivity index (χ2v) is 5.93. The molecule has 1 aromatic carbocycles. The molecule has 0 radical (unpaired) electrons. The Bertz CT molecular complexity index is 634. The summed E-state index contributed by atoms with van der Waals surface area (Å²) in [4.78, 5) is 8.88. The smallest absolute Gasteiger partial charge is 0.224 e. The lowest BCUT2D eigenvalue weighted by molar-refractivity contribution is 0.197. The highest BCUT2D eigenvalue weighted by Crippen LogP contribution is 2.23. The van der Waals surface area contributed by atoms with Gasteiger partial charge in [0, 0.05) is 42.2 Å². The lowest BCUT2D eigenvalue weighted by Crippen LogP contribution is -2.09. The molecule has 2 rings (SSSR count). The van der Waals surface area contributed by atoms with Gasteiger partial charge in [-0.1, -0.05) is 22.0 Å². The number of anilines is 3. The number of ether oxygens (including phenoxy) is 1. The first-order valence-electron chi connectivity index (χ1n) is 7.20. The van der Waals surface area contributed by atoms with Crippen LogP contribution in [0.25, 0.3) is 0 Å². The van der Waals surface area contributed by atoms with Crippen LogP contribution in [0.15, 0.2) is 28.7 Å². The number of aromatic nitrogens is 2. The Hall–Kier alpha value is -1.66. The lowest BCUT2D eigenvalue weighted by atomic mass is 10.2. The number of rotatable bonds is 7. The van der Waals surface area contributed by atoms with Crippen molar-refractivity contribution >= 4 is 33.4 Å². The second-order valence-electron chi connectivity index (χ2n) is 5.08. The van der Waals surface area contributed by atoms with E-state index in [0.29, 0.717) is 5.95 Å². The second kappa shape index (κ2) is 8.10. The zero-order valence-corrected chi connectivity index (χ0v) is 14.7. The molecule has 0 spiro atoms. The molecule has 1 heterocycles. The highest BCUT2D eigenvalue weighted by atomic mass is 79.9. The monoisotopic (exact) mass is 364 g/mol. The van der Waals surface area contributed by atoms with E-state index in [2.05, 4.69) is 49.5 Å². The Morgan fingerprint density at radius 1 is 1.18 bits per heavy atom. The minimum absolute atomic E-state index is 0.629.